The third kappa shape index (κ3) is 2.29. The van der Waals surface area contributed by atoms with Crippen LogP contribution < -0.4 is 5.32 Å². The van der Waals surface area contributed by atoms with Crippen LogP contribution in [-0.4, -0.2) is 9.55 Å². The van der Waals surface area contributed by atoms with Gasteiger partial charge in [0.1, 0.15) is 0 Å². The van der Waals surface area contributed by atoms with Crippen LogP contribution in [0.25, 0.3) is 11.0 Å². The number of halogens is 1. The summed E-state index contributed by atoms with van der Waals surface area (Å²) in [5, 5.41) is 3.32. The van der Waals surface area contributed by atoms with Crippen molar-refractivity contribution in [3.05, 3.63) is 54.1 Å². The zero-order chi connectivity index (χ0) is 13.2. The number of aryl methyl sites for hydroxylation is 1. The zero-order valence-electron chi connectivity index (χ0n) is 10.6. The highest BCUT2D eigenvalue weighted by atomic mass is 35.5. The molecule has 0 unspecified atom stereocenters. The molecule has 0 saturated carbocycles. The number of alkyl halides is 1. The van der Waals surface area contributed by atoms with Crippen molar-refractivity contribution in [1.29, 1.82) is 0 Å². The number of anilines is 2. The molecular formula is C15H14ClN3. The third-order valence-electron chi connectivity index (χ3n) is 3.15. The second kappa shape index (κ2) is 4.94. The second-order valence-corrected chi connectivity index (χ2v) is 4.71. The van der Waals surface area contributed by atoms with Gasteiger partial charge < -0.3 is 9.88 Å². The van der Waals surface area contributed by atoms with E-state index in [2.05, 4.69) is 16.4 Å². The van der Waals surface area contributed by atoms with Crippen LogP contribution in [0.2, 0.25) is 0 Å². The smallest absolute Gasteiger partial charge is 0.208 e. The summed E-state index contributed by atoms with van der Waals surface area (Å²) in [5.41, 5.74) is 4.22. The van der Waals surface area contributed by atoms with Crippen LogP contribution in [0.15, 0.2) is 48.5 Å². The van der Waals surface area contributed by atoms with Gasteiger partial charge in [0.25, 0.3) is 0 Å². The summed E-state index contributed by atoms with van der Waals surface area (Å²) in [6.45, 7) is 0. The minimum Gasteiger partial charge on any atom is -0.326 e. The van der Waals surface area contributed by atoms with E-state index in [1.54, 1.807) is 0 Å². The van der Waals surface area contributed by atoms with Crippen LogP contribution in [-0.2, 0) is 12.9 Å². The number of nitrogens with one attached hydrogen (secondary N) is 1. The van der Waals surface area contributed by atoms with Gasteiger partial charge in [0.15, 0.2) is 0 Å². The SMILES string of the molecule is Cn1c(Nc2ccc(CCl)cc2)nc2ccccc21. The maximum atomic E-state index is 5.78. The van der Waals surface area contributed by atoms with Gasteiger partial charge in [-0.3, -0.25) is 0 Å². The molecule has 0 aliphatic rings. The van der Waals surface area contributed by atoms with Gasteiger partial charge in [0.05, 0.1) is 11.0 Å². The standard InChI is InChI=1S/C15H14ClN3/c1-19-14-5-3-2-4-13(14)18-15(19)17-12-8-6-11(10-16)7-9-12/h2-9H,10H2,1H3,(H,17,18). The number of fused-ring (bicyclic) bond motifs is 1. The highest BCUT2D eigenvalue weighted by Gasteiger charge is 2.06. The Bertz CT molecular complexity index is 701. The summed E-state index contributed by atoms with van der Waals surface area (Å²) in [7, 11) is 2.00. The molecule has 0 spiro atoms. The van der Waals surface area contributed by atoms with Crippen molar-refractivity contribution in [3.8, 4) is 0 Å². The molecule has 19 heavy (non-hydrogen) atoms. The minimum absolute atomic E-state index is 0.534. The molecule has 0 bridgehead atoms. The Morgan fingerprint density at radius 1 is 1.11 bits per heavy atom. The lowest BCUT2D eigenvalue weighted by Gasteiger charge is -2.06. The Hall–Kier alpha value is -2.00. The summed E-state index contributed by atoms with van der Waals surface area (Å²) >= 11 is 5.78. The molecule has 0 fully saturated rings. The van der Waals surface area contributed by atoms with Gasteiger partial charge in [0, 0.05) is 18.6 Å². The first-order valence-electron chi connectivity index (χ1n) is 6.11. The van der Waals surface area contributed by atoms with Crippen molar-refractivity contribution < 1.29 is 0 Å². The van der Waals surface area contributed by atoms with Crippen LogP contribution in [0, 0.1) is 0 Å². The van der Waals surface area contributed by atoms with E-state index in [0.29, 0.717) is 5.88 Å². The monoisotopic (exact) mass is 271 g/mol. The van der Waals surface area contributed by atoms with Crippen LogP contribution in [0.1, 0.15) is 5.56 Å². The summed E-state index contributed by atoms with van der Waals surface area (Å²) < 4.78 is 2.05. The second-order valence-electron chi connectivity index (χ2n) is 4.44. The lowest BCUT2D eigenvalue weighted by molar-refractivity contribution is 0.958. The fourth-order valence-corrected chi connectivity index (χ4v) is 2.24. The zero-order valence-corrected chi connectivity index (χ0v) is 11.4. The molecule has 1 N–H and O–H groups in total. The van der Waals surface area contributed by atoms with Crippen LogP contribution in [0.4, 0.5) is 11.6 Å². The lowest BCUT2D eigenvalue weighted by atomic mass is 10.2. The van der Waals surface area contributed by atoms with Crippen molar-refractivity contribution in [3.63, 3.8) is 0 Å². The van der Waals surface area contributed by atoms with Crippen LogP contribution >= 0.6 is 11.6 Å². The maximum absolute atomic E-state index is 5.78. The maximum Gasteiger partial charge on any atom is 0.208 e. The Morgan fingerprint density at radius 3 is 2.53 bits per heavy atom. The van der Waals surface area contributed by atoms with Crippen molar-refractivity contribution in [1.82, 2.24) is 9.55 Å². The normalized spacial score (nSPS) is 10.8. The quantitative estimate of drug-likeness (QED) is 0.728. The van der Waals surface area contributed by atoms with E-state index in [-0.39, 0.29) is 0 Å². The molecule has 3 rings (SSSR count). The van der Waals surface area contributed by atoms with E-state index < -0.39 is 0 Å². The topological polar surface area (TPSA) is 29.9 Å². The largest absolute Gasteiger partial charge is 0.326 e. The number of nitrogens with zero attached hydrogens (tertiary/aromatic N) is 2. The molecular weight excluding hydrogens is 258 g/mol. The summed E-state index contributed by atoms with van der Waals surface area (Å²) in [4.78, 5) is 4.58. The van der Waals surface area contributed by atoms with Crippen molar-refractivity contribution in [2.45, 2.75) is 5.88 Å². The Morgan fingerprint density at radius 2 is 1.84 bits per heavy atom. The van der Waals surface area contributed by atoms with Gasteiger partial charge in [-0.25, -0.2) is 4.98 Å². The van der Waals surface area contributed by atoms with Crippen LogP contribution in [0.5, 0.6) is 0 Å². The molecule has 1 aromatic heterocycles. The molecule has 0 saturated heterocycles. The first-order chi connectivity index (χ1) is 9.28. The molecule has 1 heterocycles. The fourth-order valence-electron chi connectivity index (χ4n) is 2.06. The molecule has 4 heteroatoms. The molecule has 3 aromatic rings. The number of hydrogen-bond donors (Lipinski definition) is 1. The van der Waals surface area contributed by atoms with E-state index in [9.17, 15) is 0 Å². The number of hydrogen-bond acceptors (Lipinski definition) is 2. The van der Waals surface area contributed by atoms with Crippen molar-refractivity contribution in [2.24, 2.45) is 7.05 Å². The summed E-state index contributed by atoms with van der Waals surface area (Å²) in [6, 6.07) is 16.1. The molecule has 0 amide bonds. The van der Waals surface area contributed by atoms with Gasteiger partial charge in [-0.1, -0.05) is 24.3 Å². The van der Waals surface area contributed by atoms with Gasteiger partial charge in [-0.15, -0.1) is 11.6 Å². The fraction of sp³-hybridized carbons (Fsp3) is 0.133. The molecule has 3 nitrogen and oxygen atoms in total. The Balaban J connectivity index is 1.94. The Kier molecular flexibility index (Phi) is 3.13. The van der Waals surface area contributed by atoms with E-state index in [0.717, 1.165) is 28.2 Å². The highest BCUT2D eigenvalue weighted by molar-refractivity contribution is 6.17. The van der Waals surface area contributed by atoms with E-state index in [1.165, 1.54) is 0 Å². The third-order valence-corrected chi connectivity index (χ3v) is 3.46. The predicted octanol–water partition coefficient (Wildman–Crippen LogP) is 4.06. The average Bonchev–Trinajstić information content (AvgIpc) is 2.77. The highest BCUT2D eigenvalue weighted by Crippen LogP contribution is 2.21. The molecule has 0 aliphatic carbocycles. The van der Waals surface area contributed by atoms with Gasteiger partial charge in [-0.2, -0.15) is 0 Å². The van der Waals surface area contributed by atoms with Crippen molar-refractivity contribution >= 4 is 34.3 Å². The van der Waals surface area contributed by atoms with Gasteiger partial charge in [0.2, 0.25) is 5.95 Å². The predicted molar refractivity (Wildman–Crippen MR) is 80.0 cm³/mol. The number of aromatic nitrogens is 2. The molecule has 0 atom stereocenters. The van der Waals surface area contributed by atoms with Crippen molar-refractivity contribution in [2.75, 3.05) is 5.32 Å². The average molecular weight is 272 g/mol. The van der Waals surface area contributed by atoms with E-state index in [4.69, 9.17) is 11.6 Å². The molecule has 96 valence electrons. The van der Waals surface area contributed by atoms with Gasteiger partial charge in [-0.05, 0) is 29.8 Å². The number of rotatable bonds is 3. The molecule has 0 aliphatic heterocycles. The van der Waals surface area contributed by atoms with Gasteiger partial charge >= 0.3 is 0 Å². The summed E-state index contributed by atoms with van der Waals surface area (Å²) in [5.74, 6) is 1.37. The first kappa shape index (κ1) is 12.1. The number of benzene rings is 2. The molecule has 2 aromatic carbocycles. The van der Waals surface area contributed by atoms with E-state index >= 15 is 0 Å². The number of imidazole rings is 1. The van der Waals surface area contributed by atoms with Crippen LogP contribution in [0.3, 0.4) is 0 Å². The number of para-hydroxylation sites is 2. The minimum atomic E-state index is 0.534. The molecule has 0 radical (unpaired) electrons. The van der Waals surface area contributed by atoms with E-state index in [1.807, 2.05) is 54.1 Å². The lowest BCUT2D eigenvalue weighted by Crippen LogP contribution is -1.98. The Labute approximate surface area is 116 Å². The summed E-state index contributed by atoms with van der Waals surface area (Å²) in [6.07, 6.45) is 0. The first-order valence-corrected chi connectivity index (χ1v) is 6.65.